The molecule has 42 heavy (non-hydrogen) atoms. The summed E-state index contributed by atoms with van der Waals surface area (Å²) in [7, 11) is 3.92. The van der Waals surface area contributed by atoms with Crippen molar-refractivity contribution >= 4 is 33.9 Å². The van der Waals surface area contributed by atoms with E-state index in [0.29, 0.717) is 64.5 Å². The molecule has 0 aliphatic heterocycles. The van der Waals surface area contributed by atoms with Gasteiger partial charge in [0.15, 0.2) is 0 Å². The predicted molar refractivity (Wildman–Crippen MR) is 162 cm³/mol. The maximum absolute atomic E-state index is 12.7. The van der Waals surface area contributed by atoms with E-state index in [-0.39, 0.29) is 18.1 Å². The molecule has 4 aromatic rings. The van der Waals surface area contributed by atoms with Crippen molar-refractivity contribution < 1.29 is 14.3 Å². The smallest absolute Gasteiger partial charge is 0.224 e. The number of fused-ring (bicyclic) bond motifs is 1. The van der Waals surface area contributed by atoms with Crippen LogP contribution in [0.2, 0.25) is 0 Å². The fourth-order valence-electron chi connectivity index (χ4n) is 4.35. The van der Waals surface area contributed by atoms with Gasteiger partial charge in [-0.3, -0.25) is 14.8 Å². The molecule has 2 N–H and O–H groups in total. The number of hydrogen-bond acceptors (Lipinski definition) is 9. The molecule has 0 fully saturated rings. The molecule has 0 atom stereocenters. The number of aromatic nitrogens is 2. The van der Waals surface area contributed by atoms with Crippen molar-refractivity contribution in [1.29, 1.82) is 10.5 Å². The Morgan fingerprint density at radius 3 is 2.55 bits per heavy atom. The van der Waals surface area contributed by atoms with Gasteiger partial charge in [-0.1, -0.05) is 6.07 Å². The number of aryl methyl sites for hydroxylation is 1. The fraction of sp³-hybridized carbons (Fsp3) is 0.281. The van der Waals surface area contributed by atoms with Gasteiger partial charge in [0, 0.05) is 36.3 Å². The number of nitrogens with one attached hydrogen (secondary N) is 2. The van der Waals surface area contributed by atoms with Crippen molar-refractivity contribution in [2.24, 2.45) is 0 Å². The molecule has 1 amide bonds. The van der Waals surface area contributed by atoms with E-state index < -0.39 is 0 Å². The minimum Gasteiger partial charge on any atom is -0.492 e. The van der Waals surface area contributed by atoms with E-state index in [1.807, 2.05) is 45.0 Å². The van der Waals surface area contributed by atoms with E-state index in [1.165, 1.54) is 6.20 Å². The van der Waals surface area contributed by atoms with E-state index >= 15 is 0 Å². The molecule has 4 rings (SSSR count). The monoisotopic (exact) mass is 563 g/mol. The molecular weight excluding hydrogens is 530 g/mol. The average Bonchev–Trinajstić information content (AvgIpc) is 2.97. The van der Waals surface area contributed by atoms with Gasteiger partial charge in [-0.15, -0.1) is 0 Å². The van der Waals surface area contributed by atoms with Gasteiger partial charge in [-0.2, -0.15) is 10.5 Å². The van der Waals surface area contributed by atoms with Crippen molar-refractivity contribution in [3.63, 3.8) is 0 Å². The number of nitrogens with zero attached hydrogens (tertiary/aromatic N) is 5. The largest absolute Gasteiger partial charge is 0.492 e. The Morgan fingerprint density at radius 1 is 1.02 bits per heavy atom. The van der Waals surface area contributed by atoms with E-state index in [2.05, 4.69) is 32.7 Å². The Balaban J connectivity index is 1.66. The molecule has 2 aromatic carbocycles. The van der Waals surface area contributed by atoms with E-state index in [9.17, 15) is 15.3 Å². The first kappa shape index (κ1) is 29.8. The third-order valence-corrected chi connectivity index (χ3v) is 6.54. The number of ether oxygens (including phenoxy) is 2. The quantitative estimate of drug-likeness (QED) is 0.223. The summed E-state index contributed by atoms with van der Waals surface area (Å²) < 4.78 is 11.7. The SMILES string of the molecule is CCOc1cc2ncc(C#N)c(Nc3ccc(OCc4ncccc4C)cc3C#N)c2cc1NC(=O)CCCN(C)C. The second-order valence-electron chi connectivity index (χ2n) is 9.91. The van der Waals surface area contributed by atoms with E-state index in [4.69, 9.17) is 9.47 Å². The lowest BCUT2D eigenvalue weighted by Crippen LogP contribution is -2.17. The van der Waals surface area contributed by atoms with Crippen LogP contribution in [0.4, 0.5) is 17.1 Å². The van der Waals surface area contributed by atoms with Crippen LogP contribution in [0.15, 0.2) is 54.9 Å². The Hall–Kier alpha value is -5.19. The van der Waals surface area contributed by atoms with Crippen LogP contribution in [-0.2, 0) is 11.4 Å². The lowest BCUT2D eigenvalue weighted by Gasteiger charge is -2.17. The number of carbonyl (C=O) groups excluding carboxylic acids is 1. The van der Waals surface area contributed by atoms with Crippen LogP contribution in [0.25, 0.3) is 10.9 Å². The van der Waals surface area contributed by atoms with Crippen molar-refractivity contribution in [3.8, 4) is 23.6 Å². The molecule has 0 spiro atoms. The number of nitriles is 2. The minimum absolute atomic E-state index is 0.140. The minimum atomic E-state index is -0.140. The number of amides is 1. The van der Waals surface area contributed by atoms with Crippen molar-refractivity contribution in [2.45, 2.75) is 33.3 Å². The van der Waals surface area contributed by atoms with Gasteiger partial charge in [0.25, 0.3) is 0 Å². The lowest BCUT2D eigenvalue weighted by atomic mass is 10.1. The second kappa shape index (κ2) is 13.9. The number of pyridine rings is 2. The van der Waals surface area contributed by atoms with Crippen LogP contribution in [0, 0.1) is 29.6 Å². The van der Waals surface area contributed by atoms with E-state index in [1.54, 1.807) is 36.5 Å². The van der Waals surface area contributed by atoms with Crippen LogP contribution in [-0.4, -0.2) is 48.0 Å². The molecule has 0 bridgehead atoms. The maximum Gasteiger partial charge on any atom is 0.224 e. The van der Waals surface area contributed by atoms with Crippen LogP contribution in [0.3, 0.4) is 0 Å². The van der Waals surface area contributed by atoms with Gasteiger partial charge >= 0.3 is 0 Å². The third kappa shape index (κ3) is 7.30. The highest BCUT2D eigenvalue weighted by Crippen LogP contribution is 2.37. The standard InChI is InChI=1S/C32H33N7O3/c1-5-41-30-16-27-25(15-28(30)37-31(40)9-7-13-39(3)4)32(23(18-34)19-36-27)38-26-11-10-24(14-22(26)17-33)42-20-29-21(2)8-6-12-35-29/h6,8,10-12,14-16,19H,5,7,9,13,20H2,1-4H3,(H,36,38)(H,37,40). The van der Waals surface area contributed by atoms with Crippen LogP contribution in [0.1, 0.15) is 42.1 Å². The summed E-state index contributed by atoms with van der Waals surface area (Å²) in [5, 5.41) is 26.6. The normalized spacial score (nSPS) is 10.6. The molecule has 10 nitrogen and oxygen atoms in total. The summed E-state index contributed by atoms with van der Waals surface area (Å²) >= 11 is 0. The molecule has 214 valence electrons. The first-order valence-electron chi connectivity index (χ1n) is 13.6. The molecule has 10 heteroatoms. The molecule has 0 saturated heterocycles. The highest BCUT2D eigenvalue weighted by atomic mass is 16.5. The maximum atomic E-state index is 12.7. The Labute approximate surface area is 245 Å². The van der Waals surface area contributed by atoms with Crippen molar-refractivity contribution in [3.05, 3.63) is 77.2 Å². The van der Waals surface area contributed by atoms with Crippen molar-refractivity contribution in [1.82, 2.24) is 14.9 Å². The molecule has 0 saturated carbocycles. The van der Waals surface area contributed by atoms with E-state index in [0.717, 1.165) is 17.8 Å². The summed E-state index contributed by atoms with van der Waals surface area (Å²) in [5.41, 5.74) is 4.44. The van der Waals surface area contributed by atoms with Gasteiger partial charge in [0.2, 0.25) is 5.91 Å². The van der Waals surface area contributed by atoms with Crippen LogP contribution < -0.4 is 20.1 Å². The highest BCUT2D eigenvalue weighted by molar-refractivity contribution is 6.02. The first-order valence-corrected chi connectivity index (χ1v) is 13.6. The van der Waals surface area contributed by atoms with Gasteiger partial charge in [0.05, 0.1) is 46.0 Å². The van der Waals surface area contributed by atoms with Gasteiger partial charge in [0.1, 0.15) is 30.2 Å². The average molecular weight is 564 g/mol. The van der Waals surface area contributed by atoms with Gasteiger partial charge in [-0.05, 0) is 70.7 Å². The first-order chi connectivity index (χ1) is 20.3. The number of anilines is 3. The number of carbonyl (C=O) groups is 1. The van der Waals surface area contributed by atoms with Crippen LogP contribution in [0.5, 0.6) is 11.5 Å². The zero-order valence-corrected chi connectivity index (χ0v) is 24.2. The van der Waals surface area contributed by atoms with Gasteiger partial charge < -0.3 is 25.0 Å². The zero-order valence-electron chi connectivity index (χ0n) is 24.2. The summed E-state index contributed by atoms with van der Waals surface area (Å²) in [6, 6.07) is 16.8. The summed E-state index contributed by atoms with van der Waals surface area (Å²) in [6.45, 7) is 5.28. The zero-order chi connectivity index (χ0) is 30.1. The van der Waals surface area contributed by atoms with Crippen LogP contribution >= 0.6 is 0 Å². The number of hydrogen-bond donors (Lipinski definition) is 2. The molecule has 2 heterocycles. The predicted octanol–water partition coefficient (Wildman–Crippen LogP) is 5.68. The summed E-state index contributed by atoms with van der Waals surface area (Å²) in [6.07, 6.45) is 4.24. The molecule has 0 radical (unpaired) electrons. The third-order valence-electron chi connectivity index (χ3n) is 6.54. The fourth-order valence-corrected chi connectivity index (χ4v) is 4.35. The molecule has 0 aliphatic carbocycles. The highest BCUT2D eigenvalue weighted by Gasteiger charge is 2.17. The summed E-state index contributed by atoms with van der Waals surface area (Å²) in [5.74, 6) is 0.860. The summed E-state index contributed by atoms with van der Waals surface area (Å²) in [4.78, 5) is 23.6. The Morgan fingerprint density at radius 2 is 1.83 bits per heavy atom. The number of rotatable bonds is 12. The lowest BCUT2D eigenvalue weighted by molar-refractivity contribution is -0.116. The molecular formula is C32H33N7O3. The number of benzene rings is 2. The Kier molecular flexibility index (Phi) is 9.88. The molecule has 0 unspecified atom stereocenters. The molecule has 0 aliphatic rings. The van der Waals surface area contributed by atoms with Crippen molar-refractivity contribution in [2.75, 3.05) is 37.9 Å². The molecule has 2 aromatic heterocycles. The van der Waals surface area contributed by atoms with Gasteiger partial charge in [-0.25, -0.2) is 0 Å². The topological polar surface area (TPSA) is 136 Å². The Bertz CT molecular complexity index is 1670. The second-order valence-corrected chi connectivity index (χ2v) is 9.91.